The summed E-state index contributed by atoms with van der Waals surface area (Å²) in [6.07, 6.45) is 0. The van der Waals surface area contributed by atoms with E-state index in [0.29, 0.717) is 43.0 Å². The molecule has 6 rings (SSSR count). The van der Waals surface area contributed by atoms with Crippen LogP contribution in [0.3, 0.4) is 0 Å². The van der Waals surface area contributed by atoms with Gasteiger partial charge in [0.15, 0.2) is 0 Å². The maximum atomic E-state index is 11.1. The van der Waals surface area contributed by atoms with Gasteiger partial charge in [-0.25, -0.2) is 4.99 Å². The zero-order valence-corrected chi connectivity index (χ0v) is 21.8. The van der Waals surface area contributed by atoms with Gasteiger partial charge in [-0.15, -0.1) is 0 Å². The Labute approximate surface area is 227 Å². The number of piperidine rings is 2. The van der Waals surface area contributed by atoms with E-state index >= 15 is 0 Å². The number of amidine groups is 1. The molecule has 0 amide bonds. The van der Waals surface area contributed by atoms with Gasteiger partial charge in [-0.3, -0.25) is 0 Å². The van der Waals surface area contributed by atoms with E-state index in [1.165, 1.54) is 0 Å². The molecule has 0 unspecified atom stereocenters. The summed E-state index contributed by atoms with van der Waals surface area (Å²) in [5.74, 6) is 0.718. The van der Waals surface area contributed by atoms with Gasteiger partial charge in [0.1, 0.15) is 34.1 Å². The molecular weight excluding hydrogens is 492 g/mol. The number of para-hydroxylation sites is 3. The Morgan fingerprint density at radius 1 is 0.842 bits per heavy atom. The van der Waals surface area contributed by atoms with Crippen molar-refractivity contribution in [2.75, 3.05) is 43.3 Å². The molecular formula is C30H26N6OS. The fourth-order valence-corrected chi connectivity index (χ4v) is 6.68. The lowest BCUT2D eigenvalue weighted by Gasteiger charge is -2.61. The van der Waals surface area contributed by atoms with E-state index < -0.39 is 16.7 Å². The first-order valence-corrected chi connectivity index (χ1v) is 12.9. The van der Waals surface area contributed by atoms with Crippen molar-refractivity contribution in [1.82, 2.24) is 4.90 Å². The number of thiocarbonyl (C=S) groups is 1. The number of ether oxygens (including phenoxy) is 1. The van der Waals surface area contributed by atoms with E-state index in [-0.39, 0.29) is 0 Å². The summed E-state index contributed by atoms with van der Waals surface area (Å²) < 4.78 is 5.76. The van der Waals surface area contributed by atoms with E-state index in [1.54, 1.807) is 7.11 Å². The minimum Gasteiger partial charge on any atom is -0.496 e. The Morgan fingerprint density at radius 3 is 2.05 bits per heavy atom. The van der Waals surface area contributed by atoms with Gasteiger partial charge >= 0.3 is 0 Å². The van der Waals surface area contributed by atoms with Crippen molar-refractivity contribution in [3.05, 3.63) is 90.5 Å². The highest BCUT2D eigenvalue weighted by molar-refractivity contribution is 7.80. The predicted molar refractivity (Wildman–Crippen MR) is 151 cm³/mol. The van der Waals surface area contributed by atoms with Crippen LogP contribution in [0.4, 0.5) is 11.4 Å². The number of aliphatic imine (C=N–C) groups is 1. The van der Waals surface area contributed by atoms with E-state index in [1.807, 2.05) is 89.8 Å². The Bertz CT molecular complexity index is 1500. The van der Waals surface area contributed by atoms with E-state index in [2.05, 4.69) is 21.9 Å². The van der Waals surface area contributed by atoms with E-state index in [9.17, 15) is 10.5 Å². The van der Waals surface area contributed by atoms with Gasteiger partial charge in [0.25, 0.3) is 0 Å². The first-order chi connectivity index (χ1) is 18.6. The van der Waals surface area contributed by atoms with Crippen LogP contribution in [-0.4, -0.2) is 49.3 Å². The molecule has 0 aromatic heterocycles. The molecule has 2 bridgehead atoms. The van der Waals surface area contributed by atoms with Crippen molar-refractivity contribution < 1.29 is 4.74 Å². The van der Waals surface area contributed by atoms with Crippen molar-refractivity contribution in [3.8, 4) is 17.9 Å². The molecule has 2 fully saturated rings. The number of methoxy groups -OCH3 is 1. The van der Waals surface area contributed by atoms with Gasteiger partial charge in [-0.05, 0) is 30.3 Å². The molecule has 8 heteroatoms. The van der Waals surface area contributed by atoms with Crippen LogP contribution >= 0.6 is 12.2 Å². The Hall–Kier alpha value is -4.40. The van der Waals surface area contributed by atoms with Crippen LogP contribution < -0.4 is 14.5 Å². The van der Waals surface area contributed by atoms with Gasteiger partial charge in [0.05, 0.1) is 25.9 Å². The number of benzene rings is 3. The third-order valence-electron chi connectivity index (χ3n) is 7.94. The molecule has 3 aliphatic heterocycles. The van der Waals surface area contributed by atoms with Crippen LogP contribution in [0.1, 0.15) is 11.5 Å². The topological polar surface area (TPSA) is 78.9 Å². The maximum Gasteiger partial charge on any atom is 0.141 e. The zero-order chi connectivity index (χ0) is 26.3. The molecule has 3 atom stereocenters. The summed E-state index contributed by atoms with van der Waals surface area (Å²) in [7, 11) is 1.62. The second-order valence-corrected chi connectivity index (χ2v) is 10.3. The summed E-state index contributed by atoms with van der Waals surface area (Å²) in [4.78, 5) is 11.7. The zero-order valence-electron chi connectivity index (χ0n) is 21.0. The summed E-state index contributed by atoms with van der Waals surface area (Å²) >= 11 is 6.20. The van der Waals surface area contributed by atoms with Crippen molar-refractivity contribution >= 4 is 34.4 Å². The molecule has 3 aromatic rings. The first-order valence-electron chi connectivity index (χ1n) is 12.5. The van der Waals surface area contributed by atoms with Crippen LogP contribution in [0, 0.1) is 33.5 Å². The molecule has 3 heterocycles. The van der Waals surface area contributed by atoms with Crippen molar-refractivity contribution in [2.45, 2.75) is 5.92 Å². The SMILES string of the molecule is COc1ccccc1[C@H]1[C@@]2(C#N)CN(c3ccccc3)C[C@]1(C#N)C(=S)N1CN(c3ccccc3)CN=C12. The van der Waals surface area contributed by atoms with Crippen LogP contribution in [-0.2, 0) is 0 Å². The molecule has 0 spiro atoms. The summed E-state index contributed by atoms with van der Waals surface area (Å²) in [6.45, 7) is 1.56. The van der Waals surface area contributed by atoms with Gasteiger partial charge in [-0.1, -0.05) is 66.8 Å². The highest BCUT2D eigenvalue weighted by Gasteiger charge is 2.68. The Balaban J connectivity index is 1.58. The van der Waals surface area contributed by atoms with Crippen LogP contribution in [0.5, 0.6) is 5.75 Å². The second kappa shape index (κ2) is 9.16. The minimum atomic E-state index is -1.17. The Morgan fingerprint density at radius 2 is 1.42 bits per heavy atom. The highest BCUT2D eigenvalue weighted by Crippen LogP contribution is 2.60. The van der Waals surface area contributed by atoms with Crippen LogP contribution in [0.2, 0.25) is 0 Å². The van der Waals surface area contributed by atoms with Gasteiger partial charge in [-0.2, -0.15) is 10.5 Å². The molecule has 38 heavy (non-hydrogen) atoms. The molecule has 2 saturated heterocycles. The lowest BCUT2D eigenvalue weighted by molar-refractivity contribution is 0.202. The molecule has 0 saturated carbocycles. The fourth-order valence-electron chi connectivity index (χ4n) is 6.31. The minimum absolute atomic E-state index is 0.355. The van der Waals surface area contributed by atoms with Crippen LogP contribution in [0.25, 0.3) is 0 Å². The molecule has 0 N–H and O–H groups in total. The first kappa shape index (κ1) is 24.0. The summed E-state index contributed by atoms with van der Waals surface area (Å²) in [6, 6.07) is 32.9. The quantitative estimate of drug-likeness (QED) is 0.459. The lowest BCUT2D eigenvalue weighted by Crippen LogP contribution is -2.73. The van der Waals surface area contributed by atoms with Crippen molar-refractivity contribution in [2.24, 2.45) is 15.8 Å². The molecule has 3 aromatic carbocycles. The monoisotopic (exact) mass is 518 g/mol. The van der Waals surface area contributed by atoms with E-state index in [0.717, 1.165) is 16.9 Å². The van der Waals surface area contributed by atoms with Crippen LogP contribution in [0.15, 0.2) is 89.9 Å². The molecule has 188 valence electrons. The number of rotatable bonds is 4. The third kappa shape index (κ3) is 3.38. The van der Waals surface area contributed by atoms with Crippen molar-refractivity contribution in [1.29, 1.82) is 10.5 Å². The standard InChI is InChI=1S/C30H26N6OS/c1-37-25-15-9-8-14-24(25)26-29(16-31)18-34(22-10-4-2-5-11-22)19-30(26,17-32)28(38)36-21-35(20-33-27(29)36)23-12-6-3-7-13-23/h2-15,26H,18-21H2,1H3/t26-,29+,30-/m0/s1. The largest absolute Gasteiger partial charge is 0.496 e. The molecule has 3 aliphatic rings. The smallest absolute Gasteiger partial charge is 0.141 e. The number of anilines is 2. The number of fused-ring (bicyclic) bond motifs is 4. The number of nitrogens with zero attached hydrogens (tertiary/aromatic N) is 6. The predicted octanol–water partition coefficient (Wildman–Crippen LogP) is 4.80. The number of hydrogen-bond donors (Lipinski definition) is 0. The normalized spacial score (nSPS) is 26.1. The fraction of sp³-hybridized carbons (Fsp3) is 0.267. The average molecular weight is 519 g/mol. The summed E-state index contributed by atoms with van der Waals surface area (Å²) in [5, 5.41) is 22.1. The van der Waals surface area contributed by atoms with E-state index in [4.69, 9.17) is 21.9 Å². The number of hydrogen-bond acceptors (Lipinski definition) is 7. The average Bonchev–Trinajstić information content (AvgIpc) is 3.00. The van der Waals surface area contributed by atoms with Gasteiger partial charge < -0.3 is 19.4 Å². The highest BCUT2D eigenvalue weighted by atomic mass is 32.1. The number of nitriles is 2. The maximum absolute atomic E-state index is 11.1. The summed E-state index contributed by atoms with van der Waals surface area (Å²) in [5.41, 5.74) is 0.457. The molecule has 7 nitrogen and oxygen atoms in total. The van der Waals surface area contributed by atoms with Gasteiger partial charge in [0.2, 0.25) is 0 Å². The third-order valence-corrected chi connectivity index (χ3v) is 8.53. The Kier molecular flexibility index (Phi) is 5.78. The van der Waals surface area contributed by atoms with Gasteiger partial charge in [0, 0.05) is 35.9 Å². The molecule has 0 aliphatic carbocycles. The second-order valence-electron chi connectivity index (χ2n) is 9.91. The molecule has 0 radical (unpaired) electrons. The van der Waals surface area contributed by atoms with Crippen molar-refractivity contribution in [3.63, 3.8) is 0 Å². The lowest BCUT2D eigenvalue weighted by atomic mass is 9.53.